The predicted molar refractivity (Wildman–Crippen MR) is 86.9 cm³/mol. The topological polar surface area (TPSA) is 55.1 Å². The van der Waals surface area contributed by atoms with Gasteiger partial charge in [0, 0.05) is 23.5 Å². The summed E-state index contributed by atoms with van der Waals surface area (Å²) in [6.07, 6.45) is 1.79. The Bertz CT molecular complexity index is 498. The molecule has 3 atom stereocenters. The maximum Gasteiger partial charge on any atom is 0.223 e. The lowest BCUT2D eigenvalue weighted by Gasteiger charge is -2.46. The number of hydrogen-bond acceptors (Lipinski definition) is 2. The summed E-state index contributed by atoms with van der Waals surface area (Å²) in [5, 5.41) is 3.77. The van der Waals surface area contributed by atoms with Crippen LogP contribution in [-0.4, -0.2) is 11.9 Å². The Morgan fingerprint density at radius 3 is 2.57 bits per heavy atom. The first-order valence-electron chi connectivity index (χ1n) is 7.60. The average molecular weight is 309 g/mol. The lowest BCUT2D eigenvalue weighted by Crippen LogP contribution is -2.51. The molecule has 3 N–H and O–H groups in total. The number of nitrogens with one attached hydrogen (secondary N) is 1. The zero-order chi connectivity index (χ0) is 15.6. The number of benzene rings is 1. The molecule has 3 nitrogen and oxygen atoms in total. The van der Waals surface area contributed by atoms with E-state index in [1.165, 1.54) is 0 Å². The summed E-state index contributed by atoms with van der Waals surface area (Å²) in [4.78, 5) is 12.5. The molecule has 0 spiro atoms. The van der Waals surface area contributed by atoms with Crippen LogP contribution in [0.25, 0.3) is 0 Å². The van der Waals surface area contributed by atoms with Gasteiger partial charge in [-0.15, -0.1) is 0 Å². The number of halogens is 1. The zero-order valence-corrected chi connectivity index (χ0v) is 13.8. The first-order valence-corrected chi connectivity index (χ1v) is 7.98. The molecule has 0 radical (unpaired) electrons. The fraction of sp³-hybridized carbons (Fsp3) is 0.588. The van der Waals surface area contributed by atoms with Gasteiger partial charge in [0.05, 0.1) is 0 Å². The van der Waals surface area contributed by atoms with Gasteiger partial charge in [0.25, 0.3) is 0 Å². The quantitative estimate of drug-likeness (QED) is 0.899. The second kappa shape index (κ2) is 6.37. The van der Waals surface area contributed by atoms with Crippen molar-refractivity contribution in [1.29, 1.82) is 0 Å². The summed E-state index contributed by atoms with van der Waals surface area (Å²) in [6, 6.07) is 7.75. The van der Waals surface area contributed by atoms with Gasteiger partial charge >= 0.3 is 0 Å². The lowest BCUT2D eigenvalue weighted by molar-refractivity contribution is -0.132. The van der Waals surface area contributed by atoms with Crippen LogP contribution in [0.5, 0.6) is 0 Å². The van der Waals surface area contributed by atoms with Crippen molar-refractivity contribution in [3.05, 3.63) is 34.9 Å². The van der Waals surface area contributed by atoms with E-state index in [1.54, 1.807) is 0 Å². The minimum absolute atomic E-state index is 0.0274. The molecule has 1 aliphatic carbocycles. The number of nitrogens with two attached hydrogens (primary N) is 1. The fourth-order valence-electron chi connectivity index (χ4n) is 3.23. The van der Waals surface area contributed by atoms with E-state index < -0.39 is 0 Å². The maximum atomic E-state index is 12.5. The van der Waals surface area contributed by atoms with Gasteiger partial charge < -0.3 is 11.1 Å². The average Bonchev–Trinajstić information content (AvgIpc) is 2.44. The third kappa shape index (κ3) is 3.58. The molecule has 1 aromatic rings. The second-order valence-corrected chi connectivity index (χ2v) is 7.18. The van der Waals surface area contributed by atoms with Gasteiger partial charge in [-0.1, -0.05) is 44.5 Å². The molecule has 0 saturated heterocycles. The van der Waals surface area contributed by atoms with Crippen molar-refractivity contribution in [1.82, 2.24) is 5.32 Å². The fourth-order valence-corrected chi connectivity index (χ4v) is 3.36. The van der Waals surface area contributed by atoms with Gasteiger partial charge in [0.2, 0.25) is 5.91 Å². The summed E-state index contributed by atoms with van der Waals surface area (Å²) >= 11 is 5.86. The highest BCUT2D eigenvalue weighted by atomic mass is 35.5. The van der Waals surface area contributed by atoms with Crippen molar-refractivity contribution >= 4 is 17.5 Å². The molecule has 0 heterocycles. The molecular formula is C17H25ClN2O. The van der Waals surface area contributed by atoms with Crippen LogP contribution in [-0.2, 0) is 11.3 Å². The lowest BCUT2D eigenvalue weighted by atomic mass is 9.61. The maximum absolute atomic E-state index is 12.5. The minimum atomic E-state index is -0.0677. The molecule has 1 aliphatic rings. The van der Waals surface area contributed by atoms with E-state index in [0.717, 1.165) is 18.4 Å². The molecule has 1 saturated carbocycles. The normalized spacial score (nSPS) is 28.1. The number of rotatable bonds is 3. The van der Waals surface area contributed by atoms with Crippen LogP contribution in [0.1, 0.15) is 39.2 Å². The Hall–Kier alpha value is -1.06. The Morgan fingerprint density at radius 1 is 1.33 bits per heavy atom. The monoisotopic (exact) mass is 308 g/mol. The first kappa shape index (κ1) is 16.3. The number of carbonyl (C=O) groups excluding carboxylic acids is 1. The SMILES string of the molecule is CC1C(N)CCC(C(=O)NCc2ccc(Cl)cc2)C1(C)C. The van der Waals surface area contributed by atoms with Crippen molar-refractivity contribution in [2.45, 2.75) is 46.2 Å². The van der Waals surface area contributed by atoms with Crippen LogP contribution in [0, 0.1) is 17.3 Å². The molecule has 4 heteroatoms. The molecular weight excluding hydrogens is 284 g/mol. The van der Waals surface area contributed by atoms with Gasteiger partial charge in [0.1, 0.15) is 0 Å². The van der Waals surface area contributed by atoms with Crippen LogP contribution in [0.3, 0.4) is 0 Å². The minimum Gasteiger partial charge on any atom is -0.352 e. The van der Waals surface area contributed by atoms with Crippen LogP contribution >= 0.6 is 11.6 Å². The third-order valence-electron chi connectivity index (χ3n) is 5.20. The Kier molecular flexibility index (Phi) is 4.95. The van der Waals surface area contributed by atoms with Gasteiger partial charge in [-0.05, 0) is 41.9 Å². The largest absolute Gasteiger partial charge is 0.352 e. The van der Waals surface area contributed by atoms with Crippen LogP contribution < -0.4 is 11.1 Å². The van der Waals surface area contributed by atoms with E-state index in [1.807, 2.05) is 24.3 Å². The van der Waals surface area contributed by atoms with Gasteiger partial charge in [-0.3, -0.25) is 4.79 Å². The van der Waals surface area contributed by atoms with Crippen molar-refractivity contribution < 1.29 is 4.79 Å². The smallest absolute Gasteiger partial charge is 0.223 e. The van der Waals surface area contributed by atoms with Crippen molar-refractivity contribution in [2.24, 2.45) is 23.0 Å². The van der Waals surface area contributed by atoms with Crippen LogP contribution in [0.4, 0.5) is 0 Å². The molecule has 1 fully saturated rings. The first-order chi connectivity index (χ1) is 9.82. The molecule has 2 rings (SSSR count). The molecule has 0 aliphatic heterocycles. The van der Waals surface area contributed by atoms with Crippen molar-refractivity contribution in [3.8, 4) is 0 Å². The van der Waals surface area contributed by atoms with Crippen LogP contribution in [0.2, 0.25) is 5.02 Å². The number of amides is 1. The second-order valence-electron chi connectivity index (χ2n) is 6.75. The van der Waals surface area contributed by atoms with Crippen molar-refractivity contribution in [2.75, 3.05) is 0 Å². The van der Waals surface area contributed by atoms with E-state index in [2.05, 4.69) is 26.1 Å². The van der Waals surface area contributed by atoms with E-state index in [-0.39, 0.29) is 23.3 Å². The van der Waals surface area contributed by atoms with Crippen LogP contribution in [0.15, 0.2) is 24.3 Å². The Balaban J connectivity index is 1.98. The number of carbonyl (C=O) groups is 1. The van der Waals surface area contributed by atoms with E-state index in [0.29, 0.717) is 17.5 Å². The Morgan fingerprint density at radius 2 is 1.95 bits per heavy atom. The summed E-state index contributed by atoms with van der Waals surface area (Å²) in [7, 11) is 0. The van der Waals surface area contributed by atoms with E-state index in [4.69, 9.17) is 17.3 Å². The molecule has 0 bridgehead atoms. The van der Waals surface area contributed by atoms with Gasteiger partial charge in [0.15, 0.2) is 0 Å². The third-order valence-corrected chi connectivity index (χ3v) is 5.45. The summed E-state index contributed by atoms with van der Waals surface area (Å²) < 4.78 is 0. The standard InChI is InChI=1S/C17H25ClN2O/c1-11-15(19)9-8-14(17(11,2)3)16(21)20-10-12-4-6-13(18)7-5-12/h4-7,11,14-15H,8-10,19H2,1-3H3,(H,20,21). The molecule has 116 valence electrons. The summed E-state index contributed by atoms with van der Waals surface area (Å²) in [5.41, 5.74) is 7.14. The Labute approximate surface area is 132 Å². The summed E-state index contributed by atoms with van der Waals surface area (Å²) in [6.45, 7) is 7.01. The molecule has 0 aromatic heterocycles. The zero-order valence-electron chi connectivity index (χ0n) is 13.0. The van der Waals surface area contributed by atoms with Gasteiger partial charge in [-0.2, -0.15) is 0 Å². The molecule has 1 amide bonds. The molecule has 3 unspecified atom stereocenters. The highest BCUT2D eigenvalue weighted by Gasteiger charge is 2.44. The van der Waals surface area contributed by atoms with Crippen molar-refractivity contribution in [3.63, 3.8) is 0 Å². The highest BCUT2D eigenvalue weighted by molar-refractivity contribution is 6.30. The number of hydrogen-bond donors (Lipinski definition) is 2. The van der Waals surface area contributed by atoms with Gasteiger partial charge in [-0.25, -0.2) is 0 Å². The van der Waals surface area contributed by atoms with E-state index in [9.17, 15) is 4.79 Å². The predicted octanol–water partition coefficient (Wildman–Crippen LogP) is 3.36. The highest BCUT2D eigenvalue weighted by Crippen LogP contribution is 2.44. The molecule has 1 aromatic carbocycles. The summed E-state index contributed by atoms with van der Waals surface area (Å²) in [5.74, 6) is 0.505. The van der Waals surface area contributed by atoms with E-state index >= 15 is 0 Å². The molecule has 21 heavy (non-hydrogen) atoms.